The summed E-state index contributed by atoms with van der Waals surface area (Å²) in [5.74, 6) is 0.338. The zero-order valence-electron chi connectivity index (χ0n) is 14.8. The van der Waals surface area contributed by atoms with E-state index in [9.17, 15) is 5.11 Å². The molecule has 2 aromatic carbocycles. The number of benzene rings is 2. The summed E-state index contributed by atoms with van der Waals surface area (Å²) in [5.41, 5.74) is 2.35. The maximum absolute atomic E-state index is 10.2. The average molecular weight is 536 g/mol. The Bertz CT molecular complexity index is 1120. The number of phenols is 1. The molecule has 2 heterocycles. The minimum atomic E-state index is -2.02. The number of hydrogen-bond donors (Lipinski definition) is 1. The van der Waals surface area contributed by atoms with E-state index in [2.05, 4.69) is 66.9 Å². The third-order valence-electron chi connectivity index (χ3n) is 5.21. The van der Waals surface area contributed by atoms with Gasteiger partial charge in [-0.05, 0) is 0 Å². The summed E-state index contributed by atoms with van der Waals surface area (Å²) < 4.78 is 2.84. The summed E-state index contributed by atoms with van der Waals surface area (Å²) >= 11 is 2.79. The van der Waals surface area contributed by atoms with Crippen LogP contribution in [-0.2, 0) is 0 Å². The van der Waals surface area contributed by atoms with Crippen LogP contribution in [0.5, 0.6) is 5.75 Å². The van der Waals surface area contributed by atoms with E-state index >= 15 is 0 Å². The first-order valence-electron chi connectivity index (χ1n) is 8.74. The number of halogens is 1. The van der Waals surface area contributed by atoms with Crippen molar-refractivity contribution in [3.8, 4) is 15.8 Å². The van der Waals surface area contributed by atoms with Gasteiger partial charge in [-0.25, -0.2) is 0 Å². The van der Waals surface area contributed by atoms with Crippen LogP contribution in [0.3, 0.4) is 0 Å². The van der Waals surface area contributed by atoms with Crippen LogP contribution in [0.25, 0.3) is 16.6 Å². The molecule has 1 aliphatic heterocycles. The van der Waals surface area contributed by atoms with E-state index in [0.29, 0.717) is 20.3 Å². The Balaban J connectivity index is 2.14. The minimum absolute atomic E-state index is 0.338. The van der Waals surface area contributed by atoms with Crippen LogP contribution in [0.4, 0.5) is 5.69 Å². The van der Waals surface area contributed by atoms with Gasteiger partial charge >= 0.3 is 175 Å². The van der Waals surface area contributed by atoms with Crippen LogP contribution in [0.1, 0.15) is 13.3 Å². The Morgan fingerprint density at radius 3 is 2.69 bits per heavy atom. The molecule has 0 radical (unpaired) electrons. The SMILES string of the molecule is C=c1ccc2c(c1-c1ccc(I)[se]1)[Si](C)(CCC)c1cc(O)ccc1N=2. The predicted octanol–water partition coefficient (Wildman–Crippen LogP) is 3.00. The summed E-state index contributed by atoms with van der Waals surface area (Å²) in [6.07, 6.45) is 1.12. The van der Waals surface area contributed by atoms with Crippen molar-refractivity contribution >= 4 is 67.8 Å². The van der Waals surface area contributed by atoms with Crippen LogP contribution in [0.15, 0.2) is 47.5 Å². The molecule has 0 aliphatic carbocycles. The molecule has 26 heavy (non-hydrogen) atoms. The molecule has 1 aromatic heterocycles. The van der Waals surface area contributed by atoms with Gasteiger partial charge in [0.05, 0.1) is 0 Å². The molecule has 3 aromatic rings. The molecular formula is C21H20INOSeSi. The van der Waals surface area contributed by atoms with Gasteiger partial charge in [-0.15, -0.1) is 0 Å². The van der Waals surface area contributed by atoms with Gasteiger partial charge in [0, 0.05) is 0 Å². The number of fused-ring (bicyclic) bond motifs is 2. The van der Waals surface area contributed by atoms with E-state index in [-0.39, 0.29) is 0 Å². The fraction of sp³-hybridized carbons (Fsp3) is 0.190. The summed E-state index contributed by atoms with van der Waals surface area (Å²) in [6, 6.07) is 15.6. The third-order valence-corrected chi connectivity index (χ3v) is 13.3. The number of rotatable bonds is 3. The molecule has 5 heteroatoms. The third kappa shape index (κ3) is 2.85. The fourth-order valence-corrected chi connectivity index (χ4v) is 11.9. The van der Waals surface area contributed by atoms with E-state index < -0.39 is 8.07 Å². The monoisotopic (exact) mass is 537 g/mol. The molecule has 0 saturated carbocycles. The van der Waals surface area contributed by atoms with Crippen molar-refractivity contribution < 1.29 is 5.11 Å². The van der Waals surface area contributed by atoms with Crippen molar-refractivity contribution in [2.45, 2.75) is 25.9 Å². The van der Waals surface area contributed by atoms with E-state index in [1.807, 2.05) is 12.1 Å². The van der Waals surface area contributed by atoms with Gasteiger partial charge in [0.25, 0.3) is 0 Å². The summed E-state index contributed by atoms with van der Waals surface area (Å²) in [7, 11) is -2.02. The number of phenolic OH excluding ortho intramolecular Hbond substituents is 1. The standard InChI is InChI=1S/C21H20INOSeSi/c1-4-11-26(3)18-12-14(24)6-8-15(18)23-16-7-5-13(2)20(21(16)26)17-9-10-19(22)25-17/h5-10,12,24H,2,4,11H2,1,3H3. The molecule has 1 unspecified atom stereocenters. The van der Waals surface area contributed by atoms with Crippen LogP contribution in [-0.4, -0.2) is 27.7 Å². The summed E-state index contributed by atoms with van der Waals surface area (Å²) in [4.78, 5) is 4.98. The molecule has 0 bridgehead atoms. The average Bonchev–Trinajstić information content (AvgIpc) is 3.03. The molecule has 4 rings (SSSR count). The topological polar surface area (TPSA) is 32.6 Å². The first-order valence-corrected chi connectivity index (χ1v) is 14.2. The van der Waals surface area contributed by atoms with Crippen molar-refractivity contribution in [1.82, 2.24) is 0 Å². The molecular weight excluding hydrogens is 516 g/mol. The van der Waals surface area contributed by atoms with Gasteiger partial charge in [0.2, 0.25) is 0 Å². The van der Waals surface area contributed by atoms with Crippen molar-refractivity contribution in [3.05, 3.63) is 55.5 Å². The zero-order valence-corrected chi connectivity index (χ0v) is 19.7. The summed E-state index contributed by atoms with van der Waals surface area (Å²) in [5, 5.41) is 15.0. The fourth-order valence-electron chi connectivity index (χ4n) is 4.10. The van der Waals surface area contributed by atoms with Gasteiger partial charge in [-0.1, -0.05) is 0 Å². The Kier molecular flexibility index (Phi) is 4.76. The Hall–Kier alpha value is -1.14. The maximum atomic E-state index is 10.2. The van der Waals surface area contributed by atoms with Gasteiger partial charge in [-0.3, -0.25) is 0 Å². The van der Waals surface area contributed by atoms with Gasteiger partial charge in [0.15, 0.2) is 0 Å². The van der Waals surface area contributed by atoms with E-state index in [1.54, 1.807) is 6.07 Å². The molecule has 132 valence electrons. The van der Waals surface area contributed by atoms with Crippen LogP contribution < -0.4 is 20.9 Å². The molecule has 2 nitrogen and oxygen atoms in total. The zero-order chi connectivity index (χ0) is 18.5. The molecule has 0 spiro atoms. The Morgan fingerprint density at radius 2 is 2.00 bits per heavy atom. The van der Waals surface area contributed by atoms with Crippen molar-refractivity contribution in [3.63, 3.8) is 0 Å². The molecule has 0 saturated heterocycles. The molecule has 1 N–H and O–H groups in total. The first-order chi connectivity index (χ1) is 12.4. The van der Waals surface area contributed by atoms with Crippen LogP contribution in [0, 0.1) is 2.44 Å². The quantitative estimate of drug-likeness (QED) is 0.406. The first kappa shape index (κ1) is 18.2. The predicted molar refractivity (Wildman–Crippen MR) is 122 cm³/mol. The Labute approximate surface area is 174 Å². The Morgan fingerprint density at radius 1 is 1.19 bits per heavy atom. The second-order valence-electron chi connectivity index (χ2n) is 6.99. The van der Waals surface area contributed by atoms with Gasteiger partial charge in [-0.2, -0.15) is 0 Å². The number of nitrogens with zero attached hydrogens (tertiary/aromatic N) is 1. The normalized spacial score (nSPS) is 18.1. The van der Waals surface area contributed by atoms with Gasteiger partial charge < -0.3 is 0 Å². The van der Waals surface area contributed by atoms with E-state index in [0.717, 1.165) is 28.7 Å². The van der Waals surface area contributed by atoms with E-state index in [1.165, 1.54) is 22.8 Å². The second-order valence-corrected chi connectivity index (χ2v) is 16.3. The molecule has 0 amide bonds. The second kappa shape index (κ2) is 6.79. The molecule has 1 atom stereocenters. The van der Waals surface area contributed by atoms with E-state index in [4.69, 9.17) is 4.99 Å². The van der Waals surface area contributed by atoms with Gasteiger partial charge in [0.1, 0.15) is 0 Å². The van der Waals surface area contributed by atoms with Crippen molar-refractivity contribution in [2.75, 3.05) is 0 Å². The van der Waals surface area contributed by atoms with Crippen molar-refractivity contribution in [2.24, 2.45) is 4.99 Å². The number of aromatic hydroxyl groups is 1. The van der Waals surface area contributed by atoms with Crippen LogP contribution in [0.2, 0.25) is 12.6 Å². The number of hydrogen-bond acceptors (Lipinski definition) is 2. The van der Waals surface area contributed by atoms with Crippen molar-refractivity contribution in [1.29, 1.82) is 0 Å². The molecule has 0 fully saturated rings. The summed E-state index contributed by atoms with van der Waals surface area (Å²) in [6.45, 7) is 9.06. The van der Waals surface area contributed by atoms with Crippen LogP contribution >= 0.6 is 22.6 Å². The molecule has 1 aliphatic rings.